The van der Waals surface area contributed by atoms with E-state index in [1.807, 2.05) is 18.2 Å². The Morgan fingerprint density at radius 1 is 1.07 bits per heavy atom. The fourth-order valence-electron chi connectivity index (χ4n) is 1.64. The summed E-state index contributed by atoms with van der Waals surface area (Å²) in [6.07, 6.45) is 0. The zero-order valence-electron chi connectivity index (χ0n) is 8.37. The number of rotatable bonds is 1. The highest BCUT2D eigenvalue weighted by Gasteiger charge is 2.03. The molecule has 0 atom stereocenters. The zero-order chi connectivity index (χ0) is 10.1. The van der Waals surface area contributed by atoms with E-state index >= 15 is 0 Å². The Bertz CT molecular complexity index is 477. The molecule has 2 nitrogen and oxygen atoms in total. The van der Waals surface area contributed by atoms with E-state index in [-0.39, 0.29) is 0 Å². The molecule has 0 aliphatic rings. The second-order valence-corrected chi connectivity index (χ2v) is 3.41. The molecular weight excluding hydrogens is 174 g/mol. The molecule has 0 amide bonds. The Kier molecular flexibility index (Phi) is 2.04. The van der Waals surface area contributed by atoms with Crippen LogP contribution in [0, 0.1) is 6.92 Å². The van der Waals surface area contributed by atoms with Crippen LogP contribution >= 0.6 is 0 Å². The highest BCUT2D eigenvalue weighted by atomic mass is 16.5. The van der Waals surface area contributed by atoms with Gasteiger partial charge in [-0.2, -0.15) is 0 Å². The maximum atomic E-state index is 5.87. The highest BCUT2D eigenvalue weighted by molar-refractivity contribution is 5.97. The largest absolute Gasteiger partial charge is 0.496 e. The van der Waals surface area contributed by atoms with E-state index in [1.165, 1.54) is 5.56 Å². The van der Waals surface area contributed by atoms with Gasteiger partial charge in [0.05, 0.1) is 7.11 Å². The van der Waals surface area contributed by atoms with Gasteiger partial charge in [-0.3, -0.25) is 0 Å². The number of methoxy groups -OCH3 is 1. The van der Waals surface area contributed by atoms with E-state index in [4.69, 9.17) is 10.5 Å². The summed E-state index contributed by atoms with van der Waals surface area (Å²) in [5.74, 6) is 0.873. The SMILES string of the molecule is COc1ccc(N)c2ccc(C)cc12. The van der Waals surface area contributed by atoms with Gasteiger partial charge in [0.25, 0.3) is 0 Å². The fourth-order valence-corrected chi connectivity index (χ4v) is 1.64. The van der Waals surface area contributed by atoms with Crippen LogP contribution in [0.25, 0.3) is 10.8 Å². The lowest BCUT2D eigenvalue weighted by Gasteiger charge is -2.08. The standard InChI is InChI=1S/C12H13NO/c1-8-3-4-9-10(7-8)12(14-2)6-5-11(9)13/h3-7H,13H2,1-2H3. The van der Waals surface area contributed by atoms with Crippen molar-refractivity contribution < 1.29 is 4.74 Å². The van der Waals surface area contributed by atoms with Crippen molar-refractivity contribution in [2.75, 3.05) is 12.8 Å². The van der Waals surface area contributed by atoms with Gasteiger partial charge >= 0.3 is 0 Å². The monoisotopic (exact) mass is 187 g/mol. The number of nitrogen functional groups attached to an aromatic ring is 1. The molecular formula is C12H13NO. The van der Waals surface area contributed by atoms with Crippen LogP contribution in [0.2, 0.25) is 0 Å². The number of anilines is 1. The minimum absolute atomic E-state index is 0.792. The van der Waals surface area contributed by atoms with Crippen molar-refractivity contribution in [2.45, 2.75) is 6.92 Å². The van der Waals surface area contributed by atoms with Crippen LogP contribution in [0.15, 0.2) is 30.3 Å². The molecule has 0 fully saturated rings. The lowest BCUT2D eigenvalue weighted by Crippen LogP contribution is -1.90. The van der Waals surface area contributed by atoms with Crippen LogP contribution in [0.3, 0.4) is 0 Å². The lowest BCUT2D eigenvalue weighted by atomic mass is 10.1. The zero-order valence-corrected chi connectivity index (χ0v) is 8.37. The minimum Gasteiger partial charge on any atom is -0.496 e. The van der Waals surface area contributed by atoms with E-state index in [0.717, 1.165) is 22.2 Å². The third-order valence-corrected chi connectivity index (χ3v) is 2.39. The van der Waals surface area contributed by atoms with Crippen LogP contribution in [-0.4, -0.2) is 7.11 Å². The van der Waals surface area contributed by atoms with Crippen LogP contribution in [-0.2, 0) is 0 Å². The first-order valence-electron chi connectivity index (χ1n) is 4.55. The van der Waals surface area contributed by atoms with Gasteiger partial charge in [-0.25, -0.2) is 0 Å². The molecule has 0 spiro atoms. The summed E-state index contributed by atoms with van der Waals surface area (Å²) in [7, 11) is 1.67. The quantitative estimate of drug-likeness (QED) is 0.697. The summed E-state index contributed by atoms with van der Waals surface area (Å²) in [5.41, 5.74) is 7.88. The Labute approximate surface area is 83.3 Å². The molecule has 0 radical (unpaired) electrons. The molecule has 72 valence electrons. The number of hydrogen-bond acceptors (Lipinski definition) is 2. The van der Waals surface area contributed by atoms with Crippen molar-refractivity contribution in [1.29, 1.82) is 0 Å². The molecule has 0 unspecified atom stereocenters. The van der Waals surface area contributed by atoms with Crippen molar-refractivity contribution in [3.8, 4) is 5.75 Å². The van der Waals surface area contributed by atoms with Gasteiger partial charge in [-0.15, -0.1) is 0 Å². The predicted molar refractivity (Wildman–Crippen MR) is 59.6 cm³/mol. The molecule has 0 saturated heterocycles. The summed E-state index contributed by atoms with van der Waals surface area (Å²) in [6, 6.07) is 9.94. The molecule has 0 saturated carbocycles. The summed E-state index contributed by atoms with van der Waals surface area (Å²) < 4.78 is 5.28. The van der Waals surface area contributed by atoms with Crippen LogP contribution in [0.4, 0.5) is 5.69 Å². The summed E-state index contributed by atoms with van der Waals surface area (Å²) in [4.78, 5) is 0. The number of aryl methyl sites for hydroxylation is 1. The van der Waals surface area contributed by atoms with Crippen LogP contribution < -0.4 is 10.5 Å². The van der Waals surface area contributed by atoms with Crippen LogP contribution in [0.5, 0.6) is 5.75 Å². The van der Waals surface area contributed by atoms with Gasteiger partial charge in [0.2, 0.25) is 0 Å². The number of nitrogens with two attached hydrogens (primary N) is 1. The van der Waals surface area contributed by atoms with Gasteiger partial charge in [-0.05, 0) is 25.1 Å². The second kappa shape index (κ2) is 3.22. The Balaban J connectivity index is 2.85. The molecule has 0 aliphatic heterocycles. The average molecular weight is 187 g/mol. The summed E-state index contributed by atoms with van der Waals surface area (Å²) in [5, 5.41) is 2.13. The van der Waals surface area contributed by atoms with Gasteiger partial charge in [0.1, 0.15) is 5.75 Å². The molecule has 0 aliphatic carbocycles. The first-order chi connectivity index (χ1) is 6.72. The topological polar surface area (TPSA) is 35.2 Å². The number of hydrogen-bond donors (Lipinski definition) is 1. The van der Waals surface area contributed by atoms with E-state index in [9.17, 15) is 0 Å². The maximum absolute atomic E-state index is 5.87. The van der Waals surface area contributed by atoms with E-state index in [0.29, 0.717) is 0 Å². The Hall–Kier alpha value is -1.70. The molecule has 2 heteroatoms. The van der Waals surface area contributed by atoms with Crippen molar-refractivity contribution >= 4 is 16.5 Å². The van der Waals surface area contributed by atoms with Crippen molar-refractivity contribution in [3.05, 3.63) is 35.9 Å². The molecule has 0 heterocycles. The van der Waals surface area contributed by atoms with Gasteiger partial charge in [0.15, 0.2) is 0 Å². The molecule has 14 heavy (non-hydrogen) atoms. The number of benzene rings is 2. The molecule has 2 aromatic carbocycles. The average Bonchev–Trinajstić information content (AvgIpc) is 2.18. The Morgan fingerprint density at radius 3 is 2.57 bits per heavy atom. The first-order valence-corrected chi connectivity index (χ1v) is 4.55. The summed E-state index contributed by atoms with van der Waals surface area (Å²) >= 11 is 0. The van der Waals surface area contributed by atoms with Gasteiger partial charge in [-0.1, -0.05) is 17.7 Å². The second-order valence-electron chi connectivity index (χ2n) is 3.41. The molecule has 2 rings (SSSR count). The third kappa shape index (κ3) is 1.29. The van der Waals surface area contributed by atoms with E-state index in [1.54, 1.807) is 7.11 Å². The van der Waals surface area contributed by atoms with Crippen molar-refractivity contribution in [3.63, 3.8) is 0 Å². The molecule has 2 aromatic rings. The minimum atomic E-state index is 0.792. The van der Waals surface area contributed by atoms with Gasteiger partial charge in [0, 0.05) is 16.5 Å². The van der Waals surface area contributed by atoms with Crippen LogP contribution in [0.1, 0.15) is 5.56 Å². The smallest absolute Gasteiger partial charge is 0.126 e. The number of fused-ring (bicyclic) bond motifs is 1. The van der Waals surface area contributed by atoms with Crippen molar-refractivity contribution in [2.24, 2.45) is 0 Å². The maximum Gasteiger partial charge on any atom is 0.126 e. The van der Waals surface area contributed by atoms with Gasteiger partial charge < -0.3 is 10.5 Å². The Morgan fingerprint density at radius 2 is 1.86 bits per heavy atom. The fraction of sp³-hybridized carbons (Fsp3) is 0.167. The van der Waals surface area contributed by atoms with E-state index in [2.05, 4.69) is 19.1 Å². The summed E-state index contributed by atoms with van der Waals surface area (Å²) in [6.45, 7) is 2.06. The molecule has 0 bridgehead atoms. The first kappa shape index (κ1) is 8.88. The molecule has 2 N–H and O–H groups in total. The third-order valence-electron chi connectivity index (χ3n) is 2.39. The van der Waals surface area contributed by atoms with Crippen molar-refractivity contribution in [1.82, 2.24) is 0 Å². The normalized spacial score (nSPS) is 10.4. The predicted octanol–water partition coefficient (Wildman–Crippen LogP) is 2.74. The number of ether oxygens (including phenoxy) is 1. The highest BCUT2D eigenvalue weighted by Crippen LogP contribution is 2.30. The van der Waals surface area contributed by atoms with E-state index < -0.39 is 0 Å². The molecule has 0 aromatic heterocycles. The lowest BCUT2D eigenvalue weighted by molar-refractivity contribution is 0.420.